The molecule has 1 atom stereocenters. The highest BCUT2D eigenvalue weighted by Crippen LogP contribution is 2.31. The van der Waals surface area contributed by atoms with E-state index in [0.717, 1.165) is 11.4 Å². The fraction of sp³-hybridized carbons (Fsp3) is 0.286. The second-order valence-corrected chi connectivity index (χ2v) is 7.74. The highest BCUT2D eigenvalue weighted by Gasteiger charge is 2.23. The molecular weight excluding hydrogens is 401 g/mol. The molecule has 3 aromatic heterocycles. The van der Waals surface area contributed by atoms with Crippen LogP contribution in [0.1, 0.15) is 17.8 Å². The summed E-state index contributed by atoms with van der Waals surface area (Å²) in [6.07, 6.45) is 0.237. The third kappa shape index (κ3) is 3.89. The second kappa shape index (κ2) is 7.55. The Labute approximate surface area is 177 Å². The van der Waals surface area contributed by atoms with Gasteiger partial charge in [-0.15, -0.1) is 0 Å². The Balaban J connectivity index is 1.50. The van der Waals surface area contributed by atoms with Crippen molar-refractivity contribution in [2.75, 3.05) is 23.3 Å². The minimum absolute atomic E-state index is 0.000782. The van der Waals surface area contributed by atoms with E-state index < -0.39 is 11.9 Å². The lowest BCUT2D eigenvalue weighted by Crippen LogP contribution is -2.22. The summed E-state index contributed by atoms with van der Waals surface area (Å²) in [5, 5.41) is 20.5. The van der Waals surface area contributed by atoms with Crippen molar-refractivity contribution in [3.63, 3.8) is 0 Å². The number of aryl methyl sites for hydroxylation is 2. The van der Waals surface area contributed by atoms with E-state index in [-0.39, 0.29) is 11.8 Å². The van der Waals surface area contributed by atoms with Crippen molar-refractivity contribution >= 4 is 28.4 Å². The summed E-state index contributed by atoms with van der Waals surface area (Å²) in [5.41, 5.74) is 2.45. The zero-order chi connectivity index (χ0) is 21.5. The normalized spacial score (nSPS) is 16.3. The molecule has 0 radical (unpaired) electrons. The number of rotatable bonds is 5. The van der Waals surface area contributed by atoms with Gasteiger partial charge in [-0.1, -0.05) is 0 Å². The zero-order valence-corrected chi connectivity index (χ0v) is 17.1. The standard InChI is InChI=1S/C21H22FN7O2/c1-11-7-14-15(23-11)3-4-16(20(14)22)31-21-25-17(24-18-8-12(2)27-28-18)9-19(26-21)29-6-5-13(30)10-29/h3-4,7-9,13,23,30H,5-6,10H2,1-2H3,(H2,24,25,26,27,28). The summed E-state index contributed by atoms with van der Waals surface area (Å²) >= 11 is 0. The van der Waals surface area contributed by atoms with Gasteiger partial charge in [0.05, 0.1) is 6.10 Å². The Morgan fingerprint density at radius 3 is 2.77 bits per heavy atom. The van der Waals surface area contributed by atoms with Crippen LogP contribution >= 0.6 is 0 Å². The molecule has 1 saturated heterocycles. The van der Waals surface area contributed by atoms with Gasteiger partial charge in [0, 0.05) is 47.5 Å². The van der Waals surface area contributed by atoms with Crippen LogP contribution in [0.5, 0.6) is 11.8 Å². The number of halogens is 1. The Hall–Kier alpha value is -3.66. The predicted molar refractivity (Wildman–Crippen MR) is 115 cm³/mol. The lowest BCUT2D eigenvalue weighted by molar-refractivity contribution is 0.198. The smallest absolute Gasteiger partial charge is 0.326 e. The summed E-state index contributed by atoms with van der Waals surface area (Å²) in [6.45, 7) is 4.87. The molecule has 4 N–H and O–H groups in total. The maximum atomic E-state index is 15.0. The van der Waals surface area contributed by atoms with E-state index in [4.69, 9.17) is 4.74 Å². The molecule has 5 rings (SSSR count). The number of anilines is 3. The summed E-state index contributed by atoms with van der Waals surface area (Å²) in [6, 6.07) is 8.63. The van der Waals surface area contributed by atoms with Crippen LogP contribution in [0.4, 0.5) is 21.8 Å². The molecule has 4 heterocycles. The molecular formula is C21H22FN7O2. The van der Waals surface area contributed by atoms with Crippen LogP contribution in [0.15, 0.2) is 30.3 Å². The van der Waals surface area contributed by atoms with Gasteiger partial charge < -0.3 is 25.0 Å². The summed E-state index contributed by atoms with van der Waals surface area (Å²) in [7, 11) is 0. The average molecular weight is 423 g/mol. The minimum atomic E-state index is -0.482. The third-order valence-corrected chi connectivity index (χ3v) is 5.18. The molecule has 0 aliphatic carbocycles. The molecule has 10 heteroatoms. The summed E-state index contributed by atoms with van der Waals surface area (Å²) in [4.78, 5) is 13.9. The molecule has 1 aliphatic rings. The molecule has 31 heavy (non-hydrogen) atoms. The fourth-order valence-corrected chi connectivity index (χ4v) is 3.71. The lowest BCUT2D eigenvalue weighted by Gasteiger charge is -2.18. The molecule has 0 bridgehead atoms. The molecule has 0 amide bonds. The van der Waals surface area contributed by atoms with E-state index >= 15 is 0 Å². The van der Waals surface area contributed by atoms with Crippen LogP contribution in [0.2, 0.25) is 0 Å². The molecule has 160 valence electrons. The number of fused-ring (bicyclic) bond motifs is 1. The van der Waals surface area contributed by atoms with Crippen molar-refractivity contribution in [3.05, 3.63) is 47.5 Å². The number of hydrogen-bond acceptors (Lipinski definition) is 7. The van der Waals surface area contributed by atoms with Gasteiger partial charge in [0.25, 0.3) is 0 Å². The van der Waals surface area contributed by atoms with Gasteiger partial charge in [-0.05, 0) is 38.5 Å². The monoisotopic (exact) mass is 423 g/mol. The van der Waals surface area contributed by atoms with Gasteiger partial charge >= 0.3 is 6.01 Å². The number of nitrogens with zero attached hydrogens (tertiary/aromatic N) is 4. The van der Waals surface area contributed by atoms with Crippen LogP contribution in [0.3, 0.4) is 0 Å². The van der Waals surface area contributed by atoms with Crippen LogP contribution in [-0.4, -0.2) is 49.4 Å². The van der Waals surface area contributed by atoms with E-state index in [9.17, 15) is 9.50 Å². The first-order valence-corrected chi connectivity index (χ1v) is 10.0. The molecule has 1 fully saturated rings. The van der Waals surface area contributed by atoms with E-state index in [2.05, 4.69) is 30.5 Å². The largest absolute Gasteiger partial charge is 0.421 e. The minimum Gasteiger partial charge on any atom is -0.421 e. The van der Waals surface area contributed by atoms with Crippen molar-refractivity contribution in [1.29, 1.82) is 0 Å². The van der Waals surface area contributed by atoms with E-state index in [1.54, 1.807) is 24.3 Å². The van der Waals surface area contributed by atoms with E-state index in [1.807, 2.05) is 24.8 Å². The molecule has 1 aliphatic heterocycles. The molecule has 0 saturated carbocycles. The molecule has 1 aromatic carbocycles. The van der Waals surface area contributed by atoms with E-state index in [0.29, 0.717) is 47.9 Å². The maximum Gasteiger partial charge on any atom is 0.326 e. The Morgan fingerprint density at radius 1 is 1.16 bits per heavy atom. The topological polar surface area (TPSA) is 115 Å². The zero-order valence-electron chi connectivity index (χ0n) is 17.1. The van der Waals surface area contributed by atoms with Crippen molar-refractivity contribution in [1.82, 2.24) is 25.1 Å². The first-order valence-electron chi connectivity index (χ1n) is 10.0. The van der Waals surface area contributed by atoms with Crippen LogP contribution in [0, 0.1) is 19.7 Å². The number of aliphatic hydroxyl groups is 1. The quantitative estimate of drug-likeness (QED) is 0.388. The molecule has 4 aromatic rings. The van der Waals surface area contributed by atoms with Gasteiger partial charge in [0.2, 0.25) is 0 Å². The number of aromatic nitrogens is 5. The Bertz CT molecular complexity index is 1250. The highest BCUT2D eigenvalue weighted by molar-refractivity contribution is 5.82. The van der Waals surface area contributed by atoms with Crippen molar-refractivity contribution in [2.24, 2.45) is 0 Å². The first kappa shape index (κ1) is 19.3. The first-order chi connectivity index (χ1) is 14.9. The Kier molecular flexibility index (Phi) is 4.70. The molecule has 9 nitrogen and oxygen atoms in total. The van der Waals surface area contributed by atoms with Crippen LogP contribution in [0.25, 0.3) is 10.9 Å². The number of H-pyrrole nitrogens is 2. The van der Waals surface area contributed by atoms with Gasteiger partial charge in [0.1, 0.15) is 11.6 Å². The average Bonchev–Trinajstić information content (AvgIpc) is 3.44. The number of β-amino-alcohol motifs (C(OH)–C–C–N with tert-alkyl or cyclic N) is 1. The summed E-state index contributed by atoms with van der Waals surface area (Å²) in [5.74, 6) is 1.17. The summed E-state index contributed by atoms with van der Waals surface area (Å²) < 4.78 is 20.8. The lowest BCUT2D eigenvalue weighted by atomic mass is 10.2. The number of benzene rings is 1. The number of aromatic amines is 2. The van der Waals surface area contributed by atoms with Crippen molar-refractivity contribution in [3.8, 4) is 11.8 Å². The van der Waals surface area contributed by atoms with Gasteiger partial charge in [-0.2, -0.15) is 15.1 Å². The molecule has 0 spiro atoms. The number of nitrogens with one attached hydrogen (secondary N) is 3. The number of ether oxygens (including phenoxy) is 1. The predicted octanol–water partition coefficient (Wildman–Crippen LogP) is 3.54. The molecule has 1 unspecified atom stereocenters. The van der Waals surface area contributed by atoms with Crippen molar-refractivity contribution < 1.29 is 14.2 Å². The van der Waals surface area contributed by atoms with Crippen LogP contribution in [-0.2, 0) is 0 Å². The maximum absolute atomic E-state index is 15.0. The van der Waals surface area contributed by atoms with Crippen LogP contribution < -0.4 is 15.0 Å². The van der Waals surface area contributed by atoms with Gasteiger partial charge in [-0.25, -0.2) is 4.39 Å². The van der Waals surface area contributed by atoms with Gasteiger partial charge in [-0.3, -0.25) is 5.10 Å². The SMILES string of the molecule is Cc1cc(Nc2cc(N3CCC(O)C3)nc(Oc3ccc4[nH]c(C)cc4c3F)n2)n[nH]1. The second-order valence-electron chi connectivity index (χ2n) is 7.74. The van der Waals surface area contributed by atoms with Gasteiger partial charge in [0.15, 0.2) is 17.4 Å². The number of hydrogen-bond donors (Lipinski definition) is 4. The highest BCUT2D eigenvalue weighted by atomic mass is 19.1. The van der Waals surface area contributed by atoms with Crippen molar-refractivity contribution in [2.45, 2.75) is 26.4 Å². The van der Waals surface area contributed by atoms with E-state index in [1.165, 1.54) is 0 Å². The third-order valence-electron chi connectivity index (χ3n) is 5.18. The Morgan fingerprint density at radius 2 is 2.03 bits per heavy atom. The number of aliphatic hydroxyl groups excluding tert-OH is 1. The fourth-order valence-electron chi connectivity index (χ4n) is 3.71.